The van der Waals surface area contributed by atoms with E-state index in [0.717, 1.165) is 11.5 Å². The molecule has 0 saturated carbocycles. The first kappa shape index (κ1) is 12.6. The van der Waals surface area contributed by atoms with Crippen LogP contribution in [0.15, 0.2) is 0 Å². The van der Waals surface area contributed by atoms with Gasteiger partial charge in [0.05, 0.1) is 13.7 Å². The number of ether oxygens (including phenoxy) is 1. The number of esters is 1. The van der Waals surface area contributed by atoms with Crippen molar-refractivity contribution in [3.8, 4) is 0 Å². The third-order valence-corrected chi connectivity index (χ3v) is 3.76. The average Bonchev–Trinajstić information content (AvgIpc) is 2.74. The van der Waals surface area contributed by atoms with Gasteiger partial charge in [-0.05, 0) is 11.5 Å². The Morgan fingerprint density at radius 3 is 2.83 bits per heavy atom. The van der Waals surface area contributed by atoms with E-state index in [1.807, 2.05) is 4.90 Å². The predicted molar refractivity (Wildman–Crippen MR) is 67.7 cm³/mol. The summed E-state index contributed by atoms with van der Waals surface area (Å²) in [4.78, 5) is 26.8. The zero-order valence-corrected chi connectivity index (χ0v) is 11.0. The van der Waals surface area contributed by atoms with Crippen LogP contribution in [0.25, 0.3) is 0 Å². The number of nitrogens with two attached hydrogens (primary N) is 1. The van der Waals surface area contributed by atoms with Gasteiger partial charge in [0.15, 0.2) is 5.82 Å². The van der Waals surface area contributed by atoms with Crippen molar-refractivity contribution in [1.82, 2.24) is 9.27 Å². The van der Waals surface area contributed by atoms with Crippen LogP contribution in [0.5, 0.6) is 0 Å². The zero-order valence-electron chi connectivity index (χ0n) is 10.2. The third kappa shape index (κ3) is 2.10. The number of nitrogens with zero attached hydrogens (tertiary/aromatic N) is 3. The van der Waals surface area contributed by atoms with Gasteiger partial charge >= 0.3 is 5.97 Å². The Morgan fingerprint density at radius 2 is 2.22 bits per heavy atom. The summed E-state index contributed by atoms with van der Waals surface area (Å²) in [6.07, 6.45) is 0. The lowest BCUT2D eigenvalue weighted by Crippen LogP contribution is -2.48. The van der Waals surface area contributed by atoms with Gasteiger partial charge in [-0.15, -0.1) is 0 Å². The molecule has 0 aliphatic carbocycles. The monoisotopic (exact) mass is 270 g/mol. The van der Waals surface area contributed by atoms with Gasteiger partial charge < -0.3 is 20.3 Å². The van der Waals surface area contributed by atoms with Crippen LogP contribution < -0.4 is 10.6 Å². The van der Waals surface area contributed by atoms with Gasteiger partial charge in [-0.1, -0.05) is 0 Å². The number of carbonyl (C=O) groups excluding carboxylic acids is 2. The van der Waals surface area contributed by atoms with Crippen molar-refractivity contribution in [2.45, 2.75) is 0 Å². The number of likely N-dealkylation sites (N-methyl/N-ethyl adjacent to an activating group) is 1. The minimum Gasteiger partial charge on any atom is -0.465 e. The quantitative estimate of drug-likeness (QED) is 0.748. The largest absolute Gasteiger partial charge is 0.465 e. The number of anilines is 2. The van der Waals surface area contributed by atoms with Crippen LogP contribution in [-0.2, 0) is 9.53 Å². The van der Waals surface area contributed by atoms with Crippen LogP contribution in [0.2, 0.25) is 0 Å². The number of nitrogen functional groups attached to an aromatic ring is 1. The lowest BCUT2D eigenvalue weighted by Gasteiger charge is -2.32. The number of rotatable bonds is 2. The Morgan fingerprint density at radius 1 is 1.50 bits per heavy atom. The molecule has 2 N–H and O–H groups in total. The van der Waals surface area contributed by atoms with Gasteiger partial charge in [0.25, 0.3) is 0 Å². The summed E-state index contributed by atoms with van der Waals surface area (Å²) in [6, 6.07) is 0. The molecule has 1 aromatic heterocycles. The molecule has 1 fully saturated rings. The number of piperazine rings is 1. The van der Waals surface area contributed by atoms with Crippen LogP contribution in [0.4, 0.5) is 10.8 Å². The van der Waals surface area contributed by atoms with E-state index >= 15 is 0 Å². The standard InChI is InChI=1S/C10H14N4O3S/c1-13-3-4-14(5-6(13)15)9-7(10(16)17-2)8(11)12-18-9/h3-5H2,1-2H3,(H2,11,12). The molecule has 0 bridgehead atoms. The van der Waals surface area contributed by atoms with Crippen LogP contribution >= 0.6 is 11.5 Å². The first-order valence-corrected chi connectivity index (χ1v) is 6.14. The summed E-state index contributed by atoms with van der Waals surface area (Å²) in [5.74, 6) is -0.375. The van der Waals surface area contributed by atoms with E-state index in [9.17, 15) is 9.59 Å². The van der Waals surface area contributed by atoms with Crippen LogP contribution in [0.3, 0.4) is 0 Å². The van der Waals surface area contributed by atoms with E-state index in [1.54, 1.807) is 11.9 Å². The number of hydrogen-bond donors (Lipinski definition) is 1. The number of aromatic nitrogens is 1. The lowest BCUT2D eigenvalue weighted by atomic mass is 10.2. The number of amides is 1. The van der Waals surface area contributed by atoms with E-state index in [4.69, 9.17) is 5.73 Å². The number of carbonyl (C=O) groups is 2. The van der Waals surface area contributed by atoms with Crippen molar-refractivity contribution in [3.05, 3.63) is 5.56 Å². The molecule has 98 valence electrons. The van der Waals surface area contributed by atoms with Crippen LogP contribution in [0, 0.1) is 0 Å². The van der Waals surface area contributed by atoms with E-state index in [-0.39, 0.29) is 23.8 Å². The average molecular weight is 270 g/mol. The van der Waals surface area contributed by atoms with Crippen molar-refractivity contribution in [2.75, 3.05) is 44.4 Å². The highest BCUT2D eigenvalue weighted by molar-refractivity contribution is 7.11. The summed E-state index contributed by atoms with van der Waals surface area (Å²) < 4.78 is 8.64. The van der Waals surface area contributed by atoms with Gasteiger partial charge in [-0.3, -0.25) is 4.79 Å². The van der Waals surface area contributed by atoms with Gasteiger partial charge in [0, 0.05) is 20.1 Å². The second kappa shape index (κ2) is 4.81. The topological polar surface area (TPSA) is 88.8 Å². The van der Waals surface area contributed by atoms with Crippen molar-refractivity contribution in [3.63, 3.8) is 0 Å². The van der Waals surface area contributed by atoms with E-state index in [1.165, 1.54) is 7.11 Å². The molecule has 2 rings (SSSR count). The Kier molecular flexibility index (Phi) is 3.37. The molecule has 2 heterocycles. The van der Waals surface area contributed by atoms with Crippen molar-refractivity contribution < 1.29 is 14.3 Å². The maximum absolute atomic E-state index is 11.7. The Balaban J connectivity index is 2.29. The normalized spacial score (nSPS) is 16.0. The maximum Gasteiger partial charge on any atom is 0.344 e. The van der Waals surface area contributed by atoms with Crippen molar-refractivity contribution in [1.29, 1.82) is 0 Å². The Bertz CT molecular complexity index is 487. The highest BCUT2D eigenvalue weighted by atomic mass is 32.1. The fourth-order valence-corrected chi connectivity index (χ4v) is 2.56. The van der Waals surface area contributed by atoms with Gasteiger partial charge in [-0.25, -0.2) is 4.79 Å². The van der Waals surface area contributed by atoms with Crippen LogP contribution in [0.1, 0.15) is 10.4 Å². The molecule has 1 aliphatic rings. The molecule has 0 spiro atoms. The maximum atomic E-state index is 11.7. The van der Waals surface area contributed by atoms with E-state index in [0.29, 0.717) is 18.1 Å². The van der Waals surface area contributed by atoms with Crippen LogP contribution in [-0.4, -0.2) is 54.9 Å². The smallest absolute Gasteiger partial charge is 0.344 e. The summed E-state index contributed by atoms with van der Waals surface area (Å²) in [5, 5.41) is 0.598. The molecule has 1 aliphatic heterocycles. The second-order valence-corrected chi connectivity index (χ2v) is 4.73. The first-order valence-electron chi connectivity index (χ1n) is 5.37. The molecule has 0 radical (unpaired) electrons. The number of methoxy groups -OCH3 is 1. The molecule has 18 heavy (non-hydrogen) atoms. The third-order valence-electron chi connectivity index (χ3n) is 2.83. The fraction of sp³-hybridized carbons (Fsp3) is 0.500. The highest BCUT2D eigenvalue weighted by Gasteiger charge is 2.28. The minimum atomic E-state index is -0.525. The van der Waals surface area contributed by atoms with Crippen molar-refractivity contribution in [2.24, 2.45) is 0 Å². The molecule has 0 atom stereocenters. The molecule has 1 aromatic rings. The van der Waals surface area contributed by atoms with Gasteiger partial charge in [-0.2, -0.15) is 4.37 Å². The highest BCUT2D eigenvalue weighted by Crippen LogP contribution is 2.31. The second-order valence-electron chi connectivity index (χ2n) is 3.98. The van der Waals surface area contributed by atoms with E-state index in [2.05, 4.69) is 9.11 Å². The predicted octanol–water partition coefficient (Wildman–Crippen LogP) is -0.210. The zero-order chi connectivity index (χ0) is 13.3. The molecule has 7 nitrogen and oxygen atoms in total. The SMILES string of the molecule is COC(=O)c1c(N)nsc1N1CCN(C)C(=O)C1. The molecule has 0 aromatic carbocycles. The van der Waals surface area contributed by atoms with Gasteiger partial charge in [0.2, 0.25) is 5.91 Å². The first-order chi connectivity index (χ1) is 8.54. The Labute approximate surface area is 108 Å². The summed E-state index contributed by atoms with van der Waals surface area (Å²) in [7, 11) is 3.04. The molecule has 0 unspecified atom stereocenters. The van der Waals surface area contributed by atoms with E-state index < -0.39 is 5.97 Å². The molecule has 1 amide bonds. The number of hydrogen-bond acceptors (Lipinski definition) is 7. The molecular weight excluding hydrogens is 256 g/mol. The molecule has 1 saturated heterocycles. The molecular formula is C10H14N4O3S. The summed E-state index contributed by atoms with van der Waals surface area (Å²) >= 11 is 1.11. The molecule has 8 heteroatoms. The lowest BCUT2D eigenvalue weighted by molar-refractivity contribution is -0.129. The van der Waals surface area contributed by atoms with Crippen molar-refractivity contribution >= 4 is 34.2 Å². The fourth-order valence-electron chi connectivity index (χ4n) is 1.73. The van der Waals surface area contributed by atoms with Gasteiger partial charge in [0.1, 0.15) is 10.6 Å². The summed E-state index contributed by atoms with van der Waals surface area (Å²) in [5.41, 5.74) is 5.91. The summed E-state index contributed by atoms with van der Waals surface area (Å²) in [6.45, 7) is 1.48. The Hall–Kier alpha value is -1.83. The minimum absolute atomic E-state index is 0.00374.